The van der Waals surface area contributed by atoms with Crippen molar-refractivity contribution in [1.29, 1.82) is 0 Å². The Bertz CT molecular complexity index is 867. The summed E-state index contributed by atoms with van der Waals surface area (Å²) in [4.78, 5) is 25.8. The molecule has 2 heterocycles. The number of amides is 1. The molecular formula is C16H9BrClNO4. The van der Waals surface area contributed by atoms with E-state index in [2.05, 4.69) is 15.9 Å². The Morgan fingerprint density at radius 3 is 2.65 bits per heavy atom. The largest absolute Gasteiger partial charge is 0.454 e. The highest BCUT2D eigenvalue weighted by molar-refractivity contribution is 9.10. The highest BCUT2D eigenvalue weighted by Crippen LogP contribution is 2.39. The molecule has 0 unspecified atom stereocenters. The van der Waals surface area contributed by atoms with Crippen molar-refractivity contribution in [2.75, 3.05) is 11.7 Å². The van der Waals surface area contributed by atoms with E-state index < -0.39 is 11.7 Å². The van der Waals surface area contributed by atoms with Gasteiger partial charge in [-0.3, -0.25) is 9.59 Å². The fourth-order valence-electron chi connectivity index (χ4n) is 2.68. The third-order valence-corrected chi connectivity index (χ3v) is 4.65. The molecule has 0 radical (unpaired) electrons. The first-order valence-electron chi connectivity index (χ1n) is 6.78. The highest BCUT2D eigenvalue weighted by Gasteiger charge is 2.36. The van der Waals surface area contributed by atoms with Crippen LogP contribution in [0.25, 0.3) is 0 Å². The molecule has 7 heteroatoms. The zero-order chi connectivity index (χ0) is 16.1. The van der Waals surface area contributed by atoms with Gasteiger partial charge in [0.2, 0.25) is 6.79 Å². The summed E-state index contributed by atoms with van der Waals surface area (Å²) in [5.74, 6) is 0.0790. The number of ketones is 1. The minimum atomic E-state index is -0.563. The van der Waals surface area contributed by atoms with E-state index in [1.807, 2.05) is 0 Å². The van der Waals surface area contributed by atoms with Crippen molar-refractivity contribution in [3.63, 3.8) is 0 Å². The molecule has 0 spiro atoms. The summed E-state index contributed by atoms with van der Waals surface area (Å²) in [6.45, 7) is 0.335. The van der Waals surface area contributed by atoms with E-state index in [0.717, 1.165) is 4.47 Å². The predicted octanol–water partition coefficient (Wildman–Crippen LogP) is 3.56. The first-order chi connectivity index (χ1) is 11.0. The molecule has 0 aliphatic carbocycles. The smallest absolute Gasteiger partial charge is 0.299 e. The number of ether oxygens (including phenoxy) is 2. The molecule has 0 saturated heterocycles. The van der Waals surface area contributed by atoms with Crippen LogP contribution in [0.15, 0.2) is 34.8 Å². The third-order valence-electron chi connectivity index (χ3n) is 3.80. The van der Waals surface area contributed by atoms with Crippen LogP contribution in [-0.2, 0) is 11.3 Å². The topological polar surface area (TPSA) is 55.8 Å². The minimum absolute atomic E-state index is 0.146. The molecule has 2 aliphatic rings. The van der Waals surface area contributed by atoms with E-state index in [-0.39, 0.29) is 13.3 Å². The molecule has 1 amide bonds. The number of nitrogens with zero attached hydrogens (tertiary/aromatic N) is 1. The van der Waals surface area contributed by atoms with Crippen LogP contribution in [0.3, 0.4) is 0 Å². The number of halogens is 2. The van der Waals surface area contributed by atoms with Crippen molar-refractivity contribution in [2.45, 2.75) is 6.54 Å². The maximum absolute atomic E-state index is 12.3. The number of Topliss-reactive ketones (excluding diaryl/α,β-unsaturated/α-hetero) is 1. The molecule has 5 nitrogen and oxygen atoms in total. The Morgan fingerprint density at radius 2 is 1.87 bits per heavy atom. The lowest BCUT2D eigenvalue weighted by Gasteiger charge is -2.17. The first-order valence-corrected chi connectivity index (χ1v) is 7.95. The van der Waals surface area contributed by atoms with Gasteiger partial charge in [0.1, 0.15) is 0 Å². The van der Waals surface area contributed by atoms with Gasteiger partial charge in [0.15, 0.2) is 11.5 Å². The number of fused-ring (bicyclic) bond motifs is 2. The van der Waals surface area contributed by atoms with Crippen LogP contribution in [0.1, 0.15) is 15.9 Å². The molecule has 2 aliphatic heterocycles. The van der Waals surface area contributed by atoms with Crippen LogP contribution in [0.5, 0.6) is 11.5 Å². The summed E-state index contributed by atoms with van der Waals surface area (Å²) in [6, 6.07) is 8.57. The zero-order valence-corrected chi connectivity index (χ0v) is 14.0. The van der Waals surface area contributed by atoms with Gasteiger partial charge in [-0.25, -0.2) is 0 Å². The molecule has 0 N–H and O–H groups in total. The highest BCUT2D eigenvalue weighted by atomic mass is 79.9. The second kappa shape index (κ2) is 5.25. The third kappa shape index (κ3) is 2.29. The standard InChI is InChI=1S/C16H9BrClNO4/c17-9-1-2-12-10(4-9)15(20)16(21)19(12)6-8-3-13-14(5-11(8)18)23-7-22-13/h1-5H,6-7H2. The Hall–Kier alpha value is -2.05. The van der Waals surface area contributed by atoms with Crippen molar-refractivity contribution in [3.8, 4) is 11.5 Å². The monoisotopic (exact) mass is 393 g/mol. The number of carbonyl (C=O) groups is 2. The van der Waals surface area contributed by atoms with Crippen LogP contribution in [-0.4, -0.2) is 18.5 Å². The maximum atomic E-state index is 12.3. The Morgan fingerprint density at radius 1 is 1.13 bits per heavy atom. The molecule has 4 rings (SSSR count). The van der Waals surface area contributed by atoms with E-state index in [1.54, 1.807) is 30.3 Å². The van der Waals surface area contributed by atoms with Gasteiger partial charge in [0, 0.05) is 15.6 Å². The average molecular weight is 395 g/mol. The van der Waals surface area contributed by atoms with Gasteiger partial charge in [-0.15, -0.1) is 0 Å². The molecule has 0 bridgehead atoms. The second-order valence-electron chi connectivity index (χ2n) is 5.18. The molecule has 0 atom stereocenters. The lowest BCUT2D eigenvalue weighted by Crippen LogP contribution is -2.29. The van der Waals surface area contributed by atoms with Gasteiger partial charge in [-0.2, -0.15) is 0 Å². The Labute approximate surface area is 144 Å². The SMILES string of the molecule is O=C1C(=O)N(Cc2cc3c(cc2Cl)OCO3)c2ccc(Br)cc21. The first kappa shape index (κ1) is 14.5. The quantitative estimate of drug-likeness (QED) is 0.731. The van der Waals surface area contributed by atoms with Crippen LogP contribution in [0, 0.1) is 0 Å². The minimum Gasteiger partial charge on any atom is -0.454 e. The number of anilines is 1. The number of hydrogen-bond acceptors (Lipinski definition) is 4. The lowest BCUT2D eigenvalue weighted by atomic mass is 10.1. The van der Waals surface area contributed by atoms with E-state index in [1.165, 1.54) is 4.90 Å². The van der Waals surface area contributed by atoms with Gasteiger partial charge >= 0.3 is 0 Å². The fraction of sp³-hybridized carbons (Fsp3) is 0.125. The molecule has 0 fully saturated rings. The molecule has 23 heavy (non-hydrogen) atoms. The Kier molecular flexibility index (Phi) is 3.32. The maximum Gasteiger partial charge on any atom is 0.299 e. The van der Waals surface area contributed by atoms with E-state index in [0.29, 0.717) is 33.3 Å². The van der Waals surface area contributed by atoms with Crippen LogP contribution in [0.2, 0.25) is 5.02 Å². The molecule has 2 aromatic carbocycles. The number of carbonyl (C=O) groups excluding carboxylic acids is 2. The van der Waals surface area contributed by atoms with E-state index >= 15 is 0 Å². The molecule has 2 aromatic rings. The molecular weight excluding hydrogens is 386 g/mol. The van der Waals surface area contributed by atoms with E-state index in [4.69, 9.17) is 21.1 Å². The predicted molar refractivity (Wildman–Crippen MR) is 87.2 cm³/mol. The number of rotatable bonds is 2. The van der Waals surface area contributed by atoms with Gasteiger partial charge in [0.05, 0.1) is 17.8 Å². The lowest BCUT2D eigenvalue weighted by molar-refractivity contribution is -0.114. The van der Waals surface area contributed by atoms with Gasteiger partial charge < -0.3 is 14.4 Å². The second-order valence-corrected chi connectivity index (χ2v) is 6.50. The molecule has 0 saturated carbocycles. The number of benzene rings is 2. The van der Waals surface area contributed by atoms with Gasteiger partial charge in [-0.1, -0.05) is 27.5 Å². The summed E-state index contributed by atoms with van der Waals surface area (Å²) in [6.07, 6.45) is 0. The van der Waals surface area contributed by atoms with Crippen molar-refractivity contribution < 1.29 is 19.1 Å². The van der Waals surface area contributed by atoms with Crippen molar-refractivity contribution in [2.24, 2.45) is 0 Å². The summed E-state index contributed by atoms with van der Waals surface area (Å²) in [7, 11) is 0. The average Bonchev–Trinajstić information content (AvgIpc) is 3.06. The zero-order valence-electron chi connectivity index (χ0n) is 11.6. The summed E-state index contributed by atoms with van der Waals surface area (Å²) in [5.41, 5.74) is 1.66. The Balaban J connectivity index is 1.73. The molecule has 116 valence electrons. The number of hydrogen-bond donors (Lipinski definition) is 0. The summed E-state index contributed by atoms with van der Waals surface area (Å²) in [5, 5.41) is 0.458. The fourth-order valence-corrected chi connectivity index (χ4v) is 3.25. The molecule has 0 aromatic heterocycles. The van der Waals surface area contributed by atoms with Crippen LogP contribution in [0.4, 0.5) is 5.69 Å². The van der Waals surface area contributed by atoms with Crippen molar-refractivity contribution in [3.05, 3.63) is 51.0 Å². The summed E-state index contributed by atoms with van der Waals surface area (Å²) < 4.78 is 11.3. The summed E-state index contributed by atoms with van der Waals surface area (Å²) >= 11 is 9.57. The van der Waals surface area contributed by atoms with Crippen LogP contribution < -0.4 is 14.4 Å². The van der Waals surface area contributed by atoms with Gasteiger partial charge in [0.25, 0.3) is 11.7 Å². The van der Waals surface area contributed by atoms with E-state index in [9.17, 15) is 9.59 Å². The van der Waals surface area contributed by atoms with Crippen LogP contribution >= 0.6 is 27.5 Å². The normalized spacial score (nSPS) is 15.3. The van der Waals surface area contributed by atoms with Crippen molar-refractivity contribution >= 4 is 44.9 Å². The van der Waals surface area contributed by atoms with Gasteiger partial charge in [-0.05, 0) is 29.8 Å². The van der Waals surface area contributed by atoms with Crippen molar-refractivity contribution in [1.82, 2.24) is 0 Å².